The van der Waals surface area contributed by atoms with Gasteiger partial charge in [0, 0.05) is 22.4 Å². The first kappa shape index (κ1) is 13.6. The number of hydrogen-bond donors (Lipinski definition) is 1. The van der Waals surface area contributed by atoms with Gasteiger partial charge in [0.15, 0.2) is 0 Å². The van der Waals surface area contributed by atoms with Crippen LogP contribution in [0.4, 0.5) is 4.39 Å². The van der Waals surface area contributed by atoms with Crippen LogP contribution < -0.4 is 4.74 Å². The van der Waals surface area contributed by atoms with Gasteiger partial charge in [-0.3, -0.25) is 0 Å². The Balaban J connectivity index is 1.79. The minimum atomic E-state index is -0.658. The number of halogens is 2. The highest BCUT2D eigenvalue weighted by Gasteiger charge is 2.30. The van der Waals surface area contributed by atoms with E-state index >= 15 is 0 Å². The fourth-order valence-electron chi connectivity index (χ4n) is 2.56. The number of rotatable bonds is 3. The van der Waals surface area contributed by atoms with Crippen molar-refractivity contribution in [2.75, 3.05) is 6.61 Å². The van der Waals surface area contributed by atoms with Crippen LogP contribution in [-0.4, -0.2) is 17.8 Å². The summed E-state index contributed by atoms with van der Waals surface area (Å²) in [5, 5.41) is 10.4. The highest BCUT2D eigenvalue weighted by molar-refractivity contribution is 9.10. The summed E-state index contributed by atoms with van der Waals surface area (Å²) in [6.45, 7) is 0.443. The normalized spacial score (nSPS) is 18.4. The van der Waals surface area contributed by atoms with Crippen LogP contribution in [0.25, 0.3) is 0 Å². The van der Waals surface area contributed by atoms with Crippen molar-refractivity contribution in [2.45, 2.75) is 18.4 Å². The molecule has 1 aliphatic rings. The van der Waals surface area contributed by atoms with Crippen molar-refractivity contribution in [1.29, 1.82) is 0 Å². The Bertz CT molecular complexity index is 630. The van der Waals surface area contributed by atoms with Crippen molar-refractivity contribution in [1.82, 2.24) is 0 Å². The van der Waals surface area contributed by atoms with Crippen LogP contribution in [0.3, 0.4) is 0 Å². The van der Waals surface area contributed by atoms with Crippen LogP contribution in [0.2, 0.25) is 0 Å². The van der Waals surface area contributed by atoms with Gasteiger partial charge in [-0.15, -0.1) is 0 Å². The number of hydrogen-bond acceptors (Lipinski definition) is 2. The lowest BCUT2D eigenvalue weighted by molar-refractivity contribution is 0.128. The second-order valence-electron chi connectivity index (χ2n) is 4.96. The van der Waals surface area contributed by atoms with Gasteiger partial charge >= 0.3 is 0 Å². The zero-order valence-corrected chi connectivity index (χ0v) is 12.3. The fraction of sp³-hybridized carbons (Fsp3) is 0.250. The number of fused-ring (bicyclic) bond motifs is 1. The summed E-state index contributed by atoms with van der Waals surface area (Å²) in [5.41, 5.74) is 1.52. The van der Waals surface area contributed by atoms with Crippen molar-refractivity contribution in [3.8, 4) is 5.75 Å². The second-order valence-corrected chi connectivity index (χ2v) is 5.88. The van der Waals surface area contributed by atoms with E-state index in [4.69, 9.17) is 4.74 Å². The molecule has 4 heteroatoms. The average molecular weight is 337 g/mol. The zero-order chi connectivity index (χ0) is 14.1. The minimum Gasteiger partial charge on any atom is -0.493 e. The van der Waals surface area contributed by atoms with E-state index in [-0.39, 0.29) is 18.2 Å². The molecule has 2 atom stereocenters. The van der Waals surface area contributed by atoms with Crippen LogP contribution in [0.15, 0.2) is 46.9 Å². The van der Waals surface area contributed by atoms with Crippen LogP contribution in [-0.2, 0) is 6.42 Å². The van der Waals surface area contributed by atoms with E-state index in [9.17, 15) is 9.50 Å². The Morgan fingerprint density at radius 2 is 2.10 bits per heavy atom. The highest BCUT2D eigenvalue weighted by atomic mass is 79.9. The lowest BCUT2D eigenvalue weighted by atomic mass is 9.91. The van der Waals surface area contributed by atoms with Gasteiger partial charge in [0.1, 0.15) is 11.6 Å². The summed E-state index contributed by atoms with van der Waals surface area (Å²) >= 11 is 3.23. The first-order chi connectivity index (χ1) is 9.65. The number of aliphatic hydroxyl groups excluding tert-OH is 1. The van der Waals surface area contributed by atoms with Gasteiger partial charge in [0.05, 0.1) is 12.7 Å². The molecule has 3 rings (SSSR count). The SMILES string of the molecule is OC(Cc1ccc(Br)cc1F)C1COc2ccccc21. The van der Waals surface area contributed by atoms with Crippen LogP contribution in [0.1, 0.15) is 17.0 Å². The molecule has 2 nitrogen and oxygen atoms in total. The van der Waals surface area contributed by atoms with Gasteiger partial charge in [-0.05, 0) is 23.8 Å². The molecule has 0 saturated heterocycles. The van der Waals surface area contributed by atoms with Gasteiger partial charge in [-0.25, -0.2) is 4.39 Å². The largest absolute Gasteiger partial charge is 0.493 e. The molecule has 0 saturated carbocycles. The van der Waals surface area contributed by atoms with Crippen LogP contribution in [0, 0.1) is 5.82 Å². The van der Waals surface area contributed by atoms with Crippen LogP contribution >= 0.6 is 15.9 Å². The van der Waals surface area contributed by atoms with E-state index in [1.807, 2.05) is 24.3 Å². The number of aliphatic hydroxyl groups is 1. The van der Waals surface area contributed by atoms with Gasteiger partial charge in [0.2, 0.25) is 0 Å². The fourth-order valence-corrected chi connectivity index (χ4v) is 2.89. The summed E-state index contributed by atoms with van der Waals surface area (Å²) in [5.74, 6) is 0.410. The van der Waals surface area contributed by atoms with Gasteiger partial charge in [-0.1, -0.05) is 40.2 Å². The molecule has 1 aliphatic heterocycles. The lowest BCUT2D eigenvalue weighted by Crippen LogP contribution is -2.22. The van der Waals surface area contributed by atoms with Gasteiger partial charge < -0.3 is 9.84 Å². The Morgan fingerprint density at radius 3 is 2.90 bits per heavy atom. The molecule has 0 amide bonds. The van der Waals surface area contributed by atoms with E-state index in [1.165, 1.54) is 6.07 Å². The average Bonchev–Trinajstić information content (AvgIpc) is 2.86. The molecular formula is C16H14BrFO2. The van der Waals surface area contributed by atoms with Crippen LogP contribution in [0.5, 0.6) is 5.75 Å². The topological polar surface area (TPSA) is 29.5 Å². The van der Waals surface area contributed by atoms with Crippen molar-refractivity contribution in [3.63, 3.8) is 0 Å². The molecule has 20 heavy (non-hydrogen) atoms. The predicted octanol–water partition coefficient (Wildman–Crippen LogP) is 3.67. The Kier molecular flexibility index (Phi) is 3.76. The number of benzene rings is 2. The standard InChI is InChI=1S/C16H14BrFO2/c17-11-6-5-10(14(18)8-11)7-15(19)13-9-20-16-4-2-1-3-12(13)16/h1-6,8,13,15,19H,7,9H2. The second kappa shape index (κ2) is 5.54. The molecule has 0 spiro atoms. The van der Waals surface area contributed by atoms with Crippen molar-refractivity contribution in [3.05, 3.63) is 63.9 Å². The van der Waals surface area contributed by atoms with E-state index in [2.05, 4.69) is 15.9 Å². The maximum Gasteiger partial charge on any atom is 0.127 e. The Morgan fingerprint density at radius 1 is 1.30 bits per heavy atom. The van der Waals surface area contributed by atoms with Crippen molar-refractivity contribution >= 4 is 15.9 Å². The quantitative estimate of drug-likeness (QED) is 0.926. The molecular weight excluding hydrogens is 323 g/mol. The van der Waals surface area contributed by atoms with Crippen molar-refractivity contribution < 1.29 is 14.2 Å². The predicted molar refractivity (Wildman–Crippen MR) is 78.5 cm³/mol. The van der Waals surface area contributed by atoms with Crippen molar-refractivity contribution in [2.24, 2.45) is 0 Å². The molecule has 1 N–H and O–H groups in total. The maximum absolute atomic E-state index is 13.8. The first-order valence-electron chi connectivity index (χ1n) is 6.49. The molecule has 0 aliphatic carbocycles. The molecule has 0 aromatic heterocycles. The molecule has 0 radical (unpaired) electrons. The summed E-state index contributed by atoms with van der Waals surface area (Å²) < 4.78 is 20.1. The maximum atomic E-state index is 13.8. The minimum absolute atomic E-state index is 0.103. The molecule has 2 unspecified atom stereocenters. The molecule has 0 fully saturated rings. The molecule has 104 valence electrons. The third-order valence-electron chi connectivity index (χ3n) is 3.65. The molecule has 1 heterocycles. The highest BCUT2D eigenvalue weighted by Crippen LogP contribution is 2.36. The summed E-state index contributed by atoms with van der Waals surface area (Å²) in [7, 11) is 0. The first-order valence-corrected chi connectivity index (χ1v) is 7.28. The molecule has 2 aromatic carbocycles. The number of ether oxygens (including phenoxy) is 1. The molecule has 2 aromatic rings. The smallest absolute Gasteiger partial charge is 0.127 e. The Hall–Kier alpha value is -1.39. The van der Waals surface area contributed by atoms with E-state index < -0.39 is 6.10 Å². The monoisotopic (exact) mass is 336 g/mol. The Labute approximate surface area is 125 Å². The summed E-state index contributed by atoms with van der Waals surface area (Å²) in [6.07, 6.45) is -0.379. The third kappa shape index (κ3) is 2.58. The van der Waals surface area contributed by atoms with E-state index in [1.54, 1.807) is 12.1 Å². The van der Waals surface area contributed by atoms with Gasteiger partial charge in [-0.2, -0.15) is 0 Å². The lowest BCUT2D eigenvalue weighted by Gasteiger charge is -2.17. The molecule has 0 bridgehead atoms. The number of para-hydroxylation sites is 1. The third-order valence-corrected chi connectivity index (χ3v) is 4.14. The zero-order valence-electron chi connectivity index (χ0n) is 10.7. The van der Waals surface area contributed by atoms with Gasteiger partial charge in [0.25, 0.3) is 0 Å². The summed E-state index contributed by atoms with van der Waals surface area (Å²) in [4.78, 5) is 0. The van der Waals surface area contributed by atoms with E-state index in [0.29, 0.717) is 16.6 Å². The van der Waals surface area contributed by atoms with E-state index in [0.717, 1.165) is 11.3 Å². The summed E-state index contributed by atoms with van der Waals surface area (Å²) in [6, 6.07) is 12.6.